The van der Waals surface area contributed by atoms with Crippen LogP contribution in [0.25, 0.3) is 0 Å². The molecule has 2 aliphatic rings. The molecule has 2 N–H and O–H groups in total. The average molecular weight is 343 g/mol. The summed E-state index contributed by atoms with van der Waals surface area (Å²) in [7, 11) is 1.88. The molecular formula is C21H34N4. The lowest BCUT2D eigenvalue weighted by Gasteiger charge is -2.23. The van der Waals surface area contributed by atoms with Gasteiger partial charge in [0.2, 0.25) is 0 Å². The summed E-state index contributed by atoms with van der Waals surface area (Å²) in [5.74, 6) is 1.61. The van der Waals surface area contributed by atoms with Crippen molar-refractivity contribution < 1.29 is 0 Å². The fraction of sp³-hybridized carbons (Fsp3) is 0.667. The molecule has 0 aromatic heterocycles. The SMILES string of the molecule is CN=C(NCC1(Cc2ccccc2)CC1)NC1CN(C(C)C)CC1C. The summed E-state index contributed by atoms with van der Waals surface area (Å²) in [4.78, 5) is 7.02. The highest BCUT2D eigenvalue weighted by Gasteiger charge is 2.42. The van der Waals surface area contributed by atoms with Crippen molar-refractivity contribution >= 4 is 5.96 Å². The smallest absolute Gasteiger partial charge is 0.191 e. The Labute approximate surface area is 153 Å². The molecule has 0 bridgehead atoms. The van der Waals surface area contributed by atoms with Gasteiger partial charge in [-0.05, 0) is 50.0 Å². The molecule has 138 valence electrons. The molecule has 2 fully saturated rings. The van der Waals surface area contributed by atoms with E-state index in [2.05, 4.69) is 71.6 Å². The predicted molar refractivity (Wildman–Crippen MR) is 106 cm³/mol. The topological polar surface area (TPSA) is 39.7 Å². The van der Waals surface area contributed by atoms with E-state index in [1.165, 1.54) is 31.4 Å². The second kappa shape index (κ2) is 7.77. The van der Waals surface area contributed by atoms with Crippen LogP contribution in [-0.2, 0) is 6.42 Å². The van der Waals surface area contributed by atoms with Crippen molar-refractivity contribution in [2.24, 2.45) is 16.3 Å². The fourth-order valence-corrected chi connectivity index (χ4v) is 3.88. The van der Waals surface area contributed by atoms with Gasteiger partial charge in [-0.1, -0.05) is 37.3 Å². The van der Waals surface area contributed by atoms with Crippen LogP contribution in [-0.4, -0.2) is 49.6 Å². The third-order valence-electron chi connectivity index (χ3n) is 5.93. The molecule has 4 nitrogen and oxygen atoms in total. The Bertz CT molecular complexity index is 577. The summed E-state index contributed by atoms with van der Waals surface area (Å²) >= 11 is 0. The Morgan fingerprint density at radius 1 is 1.24 bits per heavy atom. The molecule has 2 unspecified atom stereocenters. The van der Waals surface area contributed by atoms with E-state index in [9.17, 15) is 0 Å². The van der Waals surface area contributed by atoms with Gasteiger partial charge in [-0.2, -0.15) is 0 Å². The van der Waals surface area contributed by atoms with Gasteiger partial charge in [-0.15, -0.1) is 0 Å². The Hall–Kier alpha value is -1.55. The molecule has 1 saturated carbocycles. The average Bonchev–Trinajstić information content (AvgIpc) is 3.26. The van der Waals surface area contributed by atoms with Gasteiger partial charge in [0, 0.05) is 38.8 Å². The first-order chi connectivity index (χ1) is 12.0. The largest absolute Gasteiger partial charge is 0.356 e. The van der Waals surface area contributed by atoms with Crippen molar-refractivity contribution in [2.75, 3.05) is 26.7 Å². The molecule has 1 saturated heterocycles. The van der Waals surface area contributed by atoms with Gasteiger partial charge in [0.05, 0.1) is 0 Å². The number of hydrogen-bond acceptors (Lipinski definition) is 2. The number of guanidine groups is 1. The molecule has 0 spiro atoms. The van der Waals surface area contributed by atoms with E-state index in [-0.39, 0.29) is 0 Å². The maximum Gasteiger partial charge on any atom is 0.191 e. The monoisotopic (exact) mass is 342 g/mol. The first-order valence-corrected chi connectivity index (χ1v) is 9.76. The quantitative estimate of drug-likeness (QED) is 0.617. The Balaban J connectivity index is 1.50. The molecule has 1 aliphatic carbocycles. The lowest BCUT2D eigenvalue weighted by atomic mass is 9.96. The highest BCUT2D eigenvalue weighted by molar-refractivity contribution is 5.80. The minimum absolute atomic E-state index is 0.421. The molecule has 2 atom stereocenters. The van der Waals surface area contributed by atoms with E-state index >= 15 is 0 Å². The van der Waals surface area contributed by atoms with Crippen LogP contribution in [0.5, 0.6) is 0 Å². The van der Waals surface area contributed by atoms with Gasteiger partial charge in [0.1, 0.15) is 0 Å². The van der Waals surface area contributed by atoms with E-state index < -0.39 is 0 Å². The Morgan fingerprint density at radius 2 is 1.96 bits per heavy atom. The third kappa shape index (κ3) is 4.75. The lowest BCUT2D eigenvalue weighted by molar-refractivity contribution is 0.265. The van der Waals surface area contributed by atoms with Crippen molar-refractivity contribution in [1.82, 2.24) is 15.5 Å². The van der Waals surface area contributed by atoms with Gasteiger partial charge in [-0.25, -0.2) is 0 Å². The summed E-state index contributed by atoms with van der Waals surface area (Å²) in [5.41, 5.74) is 1.87. The normalized spacial score (nSPS) is 26.0. The van der Waals surface area contributed by atoms with Crippen molar-refractivity contribution in [3.8, 4) is 0 Å². The Kier molecular flexibility index (Phi) is 5.67. The molecular weight excluding hydrogens is 308 g/mol. The molecule has 1 heterocycles. The lowest BCUT2D eigenvalue weighted by Crippen LogP contribution is -2.48. The van der Waals surface area contributed by atoms with Gasteiger partial charge in [0.15, 0.2) is 5.96 Å². The maximum absolute atomic E-state index is 4.47. The molecule has 1 aliphatic heterocycles. The zero-order valence-corrected chi connectivity index (χ0v) is 16.3. The van der Waals surface area contributed by atoms with E-state index in [4.69, 9.17) is 0 Å². The predicted octanol–water partition coefficient (Wildman–Crippen LogP) is 2.90. The van der Waals surface area contributed by atoms with Crippen molar-refractivity contribution in [3.05, 3.63) is 35.9 Å². The van der Waals surface area contributed by atoms with Crippen LogP contribution in [0.15, 0.2) is 35.3 Å². The number of likely N-dealkylation sites (tertiary alicyclic amines) is 1. The Morgan fingerprint density at radius 3 is 2.52 bits per heavy atom. The number of nitrogens with zero attached hydrogens (tertiary/aromatic N) is 2. The number of hydrogen-bond donors (Lipinski definition) is 2. The number of aliphatic imine (C=N–C) groups is 1. The molecule has 0 radical (unpaired) electrons. The first kappa shape index (κ1) is 18.2. The summed E-state index contributed by atoms with van der Waals surface area (Å²) in [5, 5.41) is 7.27. The van der Waals surface area contributed by atoms with Crippen LogP contribution in [0, 0.1) is 11.3 Å². The minimum Gasteiger partial charge on any atom is -0.356 e. The standard InChI is InChI=1S/C21H34N4/c1-16(2)25-13-17(3)19(14-25)24-20(22-4)23-15-21(10-11-21)12-18-8-6-5-7-9-18/h5-9,16-17,19H,10-15H2,1-4H3,(H2,22,23,24). The van der Waals surface area contributed by atoms with E-state index in [0.29, 0.717) is 23.4 Å². The van der Waals surface area contributed by atoms with Crippen LogP contribution < -0.4 is 10.6 Å². The van der Waals surface area contributed by atoms with Crippen LogP contribution in [0.2, 0.25) is 0 Å². The molecule has 1 aromatic carbocycles. The number of nitrogens with one attached hydrogen (secondary N) is 2. The summed E-state index contributed by atoms with van der Waals surface area (Å²) < 4.78 is 0. The highest BCUT2D eigenvalue weighted by Crippen LogP contribution is 2.47. The van der Waals surface area contributed by atoms with E-state index in [1.807, 2.05) is 7.05 Å². The van der Waals surface area contributed by atoms with Crippen molar-refractivity contribution in [1.29, 1.82) is 0 Å². The van der Waals surface area contributed by atoms with E-state index in [1.54, 1.807) is 0 Å². The van der Waals surface area contributed by atoms with Crippen LogP contribution in [0.4, 0.5) is 0 Å². The molecule has 0 amide bonds. The zero-order valence-electron chi connectivity index (χ0n) is 16.3. The van der Waals surface area contributed by atoms with Gasteiger partial charge in [0.25, 0.3) is 0 Å². The van der Waals surface area contributed by atoms with Crippen LogP contribution >= 0.6 is 0 Å². The van der Waals surface area contributed by atoms with E-state index in [0.717, 1.165) is 19.0 Å². The van der Waals surface area contributed by atoms with Crippen molar-refractivity contribution in [3.63, 3.8) is 0 Å². The summed E-state index contributed by atoms with van der Waals surface area (Å²) in [6, 6.07) is 12.0. The zero-order chi connectivity index (χ0) is 17.9. The third-order valence-corrected chi connectivity index (χ3v) is 5.93. The molecule has 4 heteroatoms. The van der Waals surface area contributed by atoms with Crippen LogP contribution in [0.1, 0.15) is 39.2 Å². The summed E-state index contributed by atoms with van der Waals surface area (Å²) in [6.07, 6.45) is 3.79. The highest BCUT2D eigenvalue weighted by atomic mass is 15.3. The minimum atomic E-state index is 0.421. The van der Waals surface area contributed by atoms with Gasteiger partial charge < -0.3 is 10.6 Å². The molecule has 1 aromatic rings. The summed E-state index contributed by atoms with van der Waals surface area (Å²) in [6.45, 7) is 10.2. The molecule has 3 rings (SSSR count). The first-order valence-electron chi connectivity index (χ1n) is 9.76. The second-order valence-electron chi connectivity index (χ2n) is 8.36. The number of benzene rings is 1. The second-order valence-corrected chi connectivity index (χ2v) is 8.36. The molecule has 25 heavy (non-hydrogen) atoms. The number of rotatable bonds is 6. The van der Waals surface area contributed by atoms with Gasteiger partial charge >= 0.3 is 0 Å². The van der Waals surface area contributed by atoms with Gasteiger partial charge in [-0.3, -0.25) is 9.89 Å². The maximum atomic E-state index is 4.47. The fourth-order valence-electron chi connectivity index (χ4n) is 3.88. The van der Waals surface area contributed by atoms with Crippen molar-refractivity contribution in [2.45, 2.75) is 52.1 Å². The van der Waals surface area contributed by atoms with Crippen LogP contribution in [0.3, 0.4) is 0 Å².